The summed E-state index contributed by atoms with van der Waals surface area (Å²) in [6.07, 6.45) is 20.9. The predicted molar refractivity (Wildman–Crippen MR) is 151 cm³/mol. The van der Waals surface area contributed by atoms with Gasteiger partial charge in [0.05, 0.1) is 20.0 Å². The topological polar surface area (TPSA) is 59.7 Å². The van der Waals surface area contributed by atoms with Crippen LogP contribution in [0.5, 0.6) is 11.5 Å². The Morgan fingerprint density at radius 2 is 1.29 bits per heavy atom. The van der Waals surface area contributed by atoms with Gasteiger partial charge in [-0.05, 0) is 29.7 Å². The van der Waals surface area contributed by atoms with Crippen molar-refractivity contribution in [2.24, 2.45) is 7.05 Å². The highest BCUT2D eigenvalue weighted by Crippen LogP contribution is 2.29. The fourth-order valence-electron chi connectivity index (χ4n) is 4.39. The molecule has 0 atom stereocenters. The van der Waals surface area contributed by atoms with Gasteiger partial charge >= 0.3 is 0 Å². The van der Waals surface area contributed by atoms with Crippen molar-refractivity contribution in [3.8, 4) is 11.5 Å². The molecule has 0 spiro atoms. The number of methoxy groups -OCH3 is 1. The summed E-state index contributed by atoms with van der Waals surface area (Å²) < 4.78 is 39.8. The maximum Gasteiger partial charge on any atom is 0.211 e. The maximum absolute atomic E-state index is 12.4. The first-order chi connectivity index (χ1) is 17.8. The van der Waals surface area contributed by atoms with Gasteiger partial charge in [-0.3, -0.25) is 0 Å². The molecule has 0 saturated heterocycles. The predicted octanol–water partition coefficient (Wildman–Crippen LogP) is 3.57. The molecule has 0 fully saturated rings. The van der Waals surface area contributed by atoms with E-state index >= 15 is 0 Å². The van der Waals surface area contributed by atoms with Gasteiger partial charge in [0.1, 0.15) is 7.05 Å². The van der Waals surface area contributed by atoms with E-state index in [2.05, 4.69) is 6.92 Å². The zero-order valence-corrected chi connectivity index (χ0v) is 26.9. The third-order valence-electron chi connectivity index (χ3n) is 6.72. The number of aromatic nitrogens is 1. The van der Waals surface area contributed by atoms with Gasteiger partial charge in [0.25, 0.3) is 0 Å². The fourth-order valence-corrected chi connectivity index (χ4v) is 5.16. The summed E-state index contributed by atoms with van der Waals surface area (Å²) in [5.41, 5.74) is 1.80. The molecule has 0 aliphatic rings. The first kappa shape index (κ1) is 34.6. The van der Waals surface area contributed by atoms with E-state index in [1.165, 1.54) is 81.2 Å². The van der Waals surface area contributed by atoms with Crippen molar-refractivity contribution in [3.05, 3.63) is 53.9 Å². The number of rotatable bonds is 20. The van der Waals surface area contributed by atoms with E-state index in [-0.39, 0.29) is 30.5 Å². The average Bonchev–Trinajstić information content (AvgIpc) is 2.87. The summed E-state index contributed by atoms with van der Waals surface area (Å²) in [5, 5.41) is 0. The third kappa shape index (κ3) is 14.1. The zero-order valence-electron chi connectivity index (χ0n) is 24.0. The van der Waals surface area contributed by atoms with Crippen LogP contribution in [0.2, 0.25) is 0 Å². The largest absolute Gasteiger partial charge is 1.00 e. The monoisotopic (exact) mass is 660 g/mol. The number of halogens is 1. The van der Waals surface area contributed by atoms with Crippen molar-refractivity contribution in [2.75, 3.05) is 20.0 Å². The Bertz CT molecular complexity index is 1000. The van der Waals surface area contributed by atoms with E-state index in [9.17, 15) is 8.42 Å². The van der Waals surface area contributed by atoms with Crippen molar-refractivity contribution < 1.29 is 46.4 Å². The van der Waals surface area contributed by atoms with Gasteiger partial charge < -0.3 is 33.5 Å². The fraction of sp³-hybridized carbons (Fsp3) is 0.633. The van der Waals surface area contributed by atoms with Crippen LogP contribution in [0.15, 0.2) is 42.7 Å². The van der Waals surface area contributed by atoms with Crippen molar-refractivity contribution in [1.29, 1.82) is 0 Å². The summed E-state index contributed by atoms with van der Waals surface area (Å²) in [7, 11) is 0.173. The second-order valence-electron chi connectivity index (χ2n) is 10.1. The molecule has 0 radical (unpaired) electrons. The number of aryl methyl sites for hydroxylation is 1. The number of pyridine rings is 1. The lowest BCUT2D eigenvalue weighted by Crippen LogP contribution is -3.00. The first-order valence-electron chi connectivity index (χ1n) is 14.0. The Balaban J connectivity index is 0.00000722. The molecule has 216 valence electrons. The van der Waals surface area contributed by atoms with Crippen LogP contribution in [-0.2, 0) is 30.2 Å². The van der Waals surface area contributed by atoms with Gasteiger partial charge in [-0.2, -0.15) is 4.31 Å². The van der Waals surface area contributed by atoms with Crippen molar-refractivity contribution >= 4 is 10.0 Å². The average molecular weight is 661 g/mol. The van der Waals surface area contributed by atoms with E-state index in [1.807, 2.05) is 54.3 Å². The summed E-state index contributed by atoms with van der Waals surface area (Å²) in [5.74, 6) is 1.34. The van der Waals surface area contributed by atoms with Crippen LogP contribution in [-0.4, -0.2) is 32.7 Å². The van der Waals surface area contributed by atoms with E-state index in [1.54, 1.807) is 7.11 Å². The number of hydrogen-bond acceptors (Lipinski definition) is 4. The number of sulfonamides is 1. The van der Waals surface area contributed by atoms with Crippen molar-refractivity contribution in [1.82, 2.24) is 4.31 Å². The quantitative estimate of drug-likeness (QED) is 0.124. The van der Waals surface area contributed by atoms with Crippen LogP contribution >= 0.6 is 0 Å². The second-order valence-corrected chi connectivity index (χ2v) is 12.1. The molecule has 2 aromatic rings. The minimum atomic E-state index is -3.38. The van der Waals surface area contributed by atoms with Gasteiger partial charge in [-0.25, -0.2) is 13.0 Å². The number of benzene rings is 1. The van der Waals surface area contributed by atoms with Crippen molar-refractivity contribution in [3.63, 3.8) is 0 Å². The molecule has 0 aliphatic heterocycles. The van der Waals surface area contributed by atoms with E-state index in [0.717, 1.165) is 17.5 Å². The van der Waals surface area contributed by atoms with Crippen LogP contribution in [0.25, 0.3) is 0 Å². The number of hydrogen-bond donors (Lipinski definition) is 0. The SMILES string of the molecule is CCCCCCCCCCCCCCOc1ccc(CN(Cc2cc[n+](C)cc2)S(C)(=O)=O)cc1OC.[I-]. The lowest BCUT2D eigenvalue weighted by Gasteiger charge is -2.21. The summed E-state index contributed by atoms with van der Waals surface area (Å²) in [6, 6.07) is 9.55. The van der Waals surface area contributed by atoms with Crippen LogP contribution in [0.1, 0.15) is 95.1 Å². The minimum Gasteiger partial charge on any atom is -1.00 e. The molecule has 0 saturated carbocycles. The molecule has 0 amide bonds. The molecule has 38 heavy (non-hydrogen) atoms. The molecule has 6 nitrogen and oxygen atoms in total. The van der Waals surface area contributed by atoms with Gasteiger partial charge in [0, 0.05) is 25.2 Å². The van der Waals surface area contributed by atoms with Crippen LogP contribution in [0.3, 0.4) is 0 Å². The molecular formula is C30H49IN2O4S. The smallest absolute Gasteiger partial charge is 0.211 e. The second kappa shape index (κ2) is 19.6. The molecule has 1 aromatic carbocycles. The Morgan fingerprint density at radius 1 is 0.763 bits per heavy atom. The molecule has 2 rings (SSSR count). The van der Waals surface area contributed by atoms with Crippen molar-refractivity contribution in [2.45, 2.75) is 97.1 Å². The van der Waals surface area contributed by atoms with Gasteiger partial charge in [0.2, 0.25) is 10.0 Å². The Morgan fingerprint density at radius 3 is 1.82 bits per heavy atom. The number of nitrogens with zero attached hydrogens (tertiary/aromatic N) is 2. The molecule has 8 heteroatoms. The minimum absolute atomic E-state index is 0. The molecule has 0 N–H and O–H groups in total. The number of ether oxygens (including phenoxy) is 2. The lowest BCUT2D eigenvalue weighted by atomic mass is 10.1. The highest BCUT2D eigenvalue weighted by atomic mass is 127. The van der Waals surface area contributed by atoms with Crippen LogP contribution < -0.4 is 38.0 Å². The van der Waals surface area contributed by atoms with Gasteiger partial charge in [-0.1, -0.05) is 83.6 Å². The third-order valence-corrected chi connectivity index (χ3v) is 7.91. The van der Waals surface area contributed by atoms with Gasteiger partial charge in [0.15, 0.2) is 23.9 Å². The highest BCUT2D eigenvalue weighted by Gasteiger charge is 2.19. The molecule has 1 heterocycles. The molecule has 1 aromatic heterocycles. The van der Waals surface area contributed by atoms with E-state index in [4.69, 9.17) is 9.47 Å². The Hall–Kier alpha value is -1.39. The lowest BCUT2D eigenvalue weighted by molar-refractivity contribution is -0.671. The zero-order chi connectivity index (χ0) is 26.9. The number of unbranched alkanes of at least 4 members (excludes halogenated alkanes) is 11. The Kier molecular flexibility index (Phi) is 17.9. The van der Waals surface area contributed by atoms with Crippen LogP contribution in [0.4, 0.5) is 0 Å². The summed E-state index contributed by atoms with van der Waals surface area (Å²) in [4.78, 5) is 0. The normalized spacial score (nSPS) is 11.4. The standard InChI is InChI=1S/C30H49N2O4S.HI/c1-5-6-7-8-9-10-11-12-13-14-15-16-23-36-29-18-17-28(24-30(29)35-3)26-32(37(4,33)34)25-27-19-21-31(2)22-20-27;/h17-22,24H,5-16,23,25-26H2,1-4H3;1H/q+1;/p-1. The molecule has 0 aliphatic carbocycles. The van der Waals surface area contributed by atoms with Crippen LogP contribution in [0, 0.1) is 0 Å². The van der Waals surface area contributed by atoms with Gasteiger partial charge in [-0.15, -0.1) is 0 Å². The molecular weight excluding hydrogens is 611 g/mol. The Labute approximate surface area is 249 Å². The first-order valence-corrected chi connectivity index (χ1v) is 15.9. The van der Waals surface area contributed by atoms with E-state index < -0.39 is 10.0 Å². The maximum atomic E-state index is 12.4. The molecule has 0 unspecified atom stereocenters. The van der Waals surface area contributed by atoms with E-state index in [0.29, 0.717) is 24.7 Å². The summed E-state index contributed by atoms with van der Waals surface area (Å²) >= 11 is 0. The summed E-state index contributed by atoms with van der Waals surface area (Å²) in [6.45, 7) is 3.52. The molecule has 0 bridgehead atoms. The highest BCUT2D eigenvalue weighted by molar-refractivity contribution is 7.88.